The number of piperazine rings is 1. The lowest BCUT2D eigenvalue weighted by Crippen LogP contribution is -2.47. The SMILES string of the molecule is Cc1ccc(CCOc2ccc(CN3CCN(C(=O)/C=C/c4cc(C)c(Oc5ccc(OCc6ccc(C(F)(F)F)cc6)cn5)c(Cl)c4)CC3)cc2)cc1.Cl. The number of alkyl halides is 3. The second kappa shape index (κ2) is 19.0. The Bertz CT molecular complexity index is 2010. The van der Waals surface area contributed by atoms with Crippen molar-refractivity contribution in [3.05, 3.63) is 153 Å². The third-order valence-corrected chi connectivity index (χ3v) is 9.35. The fraction of sp³-hybridized carbons (Fsp3) is 0.256. The average molecular weight is 793 g/mol. The molecule has 288 valence electrons. The Morgan fingerprint density at radius 1 is 0.818 bits per heavy atom. The van der Waals surface area contributed by atoms with Crippen molar-refractivity contribution in [1.82, 2.24) is 14.8 Å². The Hall–Kier alpha value is -5.03. The molecule has 0 aliphatic carbocycles. The smallest absolute Gasteiger partial charge is 0.416 e. The molecular formula is C43H42Cl2F3N3O4. The number of aryl methyl sites for hydroxylation is 2. The number of ether oxygens (including phenoxy) is 3. The molecule has 7 nitrogen and oxygen atoms in total. The van der Waals surface area contributed by atoms with Crippen molar-refractivity contribution < 1.29 is 32.2 Å². The first-order valence-electron chi connectivity index (χ1n) is 17.7. The lowest BCUT2D eigenvalue weighted by molar-refractivity contribution is -0.137. The number of halogens is 5. The molecule has 4 aromatic carbocycles. The molecule has 1 fully saturated rings. The standard InChI is InChI=1S/C43H41ClF3N3O4.ClH/c1-30-3-5-32(6-4-30)19-24-52-37-14-9-33(10-15-37)28-49-20-22-50(23-21-49)41(51)18-11-35-25-31(2)42(39(44)26-35)54-40-17-16-38(27-48-40)53-29-34-7-12-36(13-8-34)43(45,46)47;/h3-18,25-27H,19-24,28-29H2,1-2H3;1H/b18-11+;. The largest absolute Gasteiger partial charge is 0.493 e. The summed E-state index contributed by atoms with van der Waals surface area (Å²) in [4.78, 5) is 21.5. The molecule has 0 N–H and O–H groups in total. The fourth-order valence-electron chi connectivity index (χ4n) is 5.95. The summed E-state index contributed by atoms with van der Waals surface area (Å²) in [6.45, 7) is 8.32. The predicted octanol–water partition coefficient (Wildman–Crippen LogP) is 10.1. The van der Waals surface area contributed by atoms with Gasteiger partial charge in [0.05, 0.1) is 23.4 Å². The van der Waals surface area contributed by atoms with Gasteiger partial charge in [0.2, 0.25) is 11.8 Å². The number of hydrogen-bond acceptors (Lipinski definition) is 6. The van der Waals surface area contributed by atoms with Gasteiger partial charge in [-0.1, -0.05) is 65.7 Å². The van der Waals surface area contributed by atoms with Crippen molar-refractivity contribution in [2.45, 2.75) is 39.6 Å². The molecule has 1 saturated heterocycles. The van der Waals surface area contributed by atoms with E-state index in [1.807, 2.05) is 30.0 Å². The lowest BCUT2D eigenvalue weighted by Gasteiger charge is -2.34. The van der Waals surface area contributed by atoms with Crippen molar-refractivity contribution in [2.24, 2.45) is 0 Å². The highest BCUT2D eigenvalue weighted by atomic mass is 35.5. The average Bonchev–Trinajstić information content (AvgIpc) is 3.16. The van der Waals surface area contributed by atoms with Crippen LogP contribution in [0.4, 0.5) is 13.2 Å². The maximum absolute atomic E-state index is 13.0. The second-order valence-corrected chi connectivity index (χ2v) is 13.6. The van der Waals surface area contributed by atoms with Gasteiger partial charge in [-0.05, 0) is 90.2 Å². The van der Waals surface area contributed by atoms with Gasteiger partial charge in [-0.3, -0.25) is 9.69 Å². The van der Waals surface area contributed by atoms with Crippen LogP contribution < -0.4 is 14.2 Å². The van der Waals surface area contributed by atoms with Crippen molar-refractivity contribution in [3.8, 4) is 23.1 Å². The van der Waals surface area contributed by atoms with Gasteiger partial charge in [0.25, 0.3) is 0 Å². The maximum Gasteiger partial charge on any atom is 0.416 e. The number of hydrogen-bond donors (Lipinski definition) is 0. The summed E-state index contributed by atoms with van der Waals surface area (Å²) in [5, 5.41) is 0.363. The van der Waals surface area contributed by atoms with Gasteiger partial charge >= 0.3 is 6.18 Å². The number of carbonyl (C=O) groups excluding carboxylic acids is 1. The van der Waals surface area contributed by atoms with Crippen molar-refractivity contribution in [2.75, 3.05) is 32.8 Å². The van der Waals surface area contributed by atoms with E-state index in [1.165, 1.54) is 35.0 Å². The predicted molar refractivity (Wildman–Crippen MR) is 211 cm³/mol. The maximum atomic E-state index is 13.0. The molecule has 0 atom stereocenters. The molecule has 1 amide bonds. The minimum Gasteiger partial charge on any atom is -0.493 e. The van der Waals surface area contributed by atoms with Gasteiger partial charge in [0.1, 0.15) is 18.1 Å². The number of aromatic nitrogens is 1. The minimum absolute atomic E-state index is 0. The Morgan fingerprint density at radius 3 is 2.11 bits per heavy atom. The van der Waals surface area contributed by atoms with E-state index in [4.69, 9.17) is 25.8 Å². The van der Waals surface area contributed by atoms with E-state index in [0.29, 0.717) is 41.8 Å². The van der Waals surface area contributed by atoms with E-state index in [1.54, 1.807) is 30.4 Å². The van der Waals surface area contributed by atoms with Crippen LogP contribution in [0.3, 0.4) is 0 Å². The van der Waals surface area contributed by atoms with Gasteiger partial charge in [-0.25, -0.2) is 4.98 Å². The van der Waals surface area contributed by atoms with Gasteiger partial charge in [0, 0.05) is 51.3 Å². The first-order valence-corrected chi connectivity index (χ1v) is 18.1. The molecule has 5 aromatic rings. The van der Waals surface area contributed by atoms with Gasteiger partial charge in [-0.2, -0.15) is 13.2 Å². The van der Waals surface area contributed by atoms with Crippen LogP contribution in [0, 0.1) is 13.8 Å². The topological polar surface area (TPSA) is 64.1 Å². The van der Waals surface area contributed by atoms with E-state index in [-0.39, 0.29) is 30.8 Å². The molecule has 0 spiro atoms. The molecule has 1 aliphatic heterocycles. The van der Waals surface area contributed by atoms with E-state index >= 15 is 0 Å². The zero-order chi connectivity index (χ0) is 38.1. The van der Waals surface area contributed by atoms with Crippen LogP contribution in [0.1, 0.15) is 38.9 Å². The van der Waals surface area contributed by atoms with Crippen LogP contribution in [0.2, 0.25) is 5.02 Å². The molecule has 2 heterocycles. The first kappa shape index (κ1) is 41.1. The van der Waals surface area contributed by atoms with Crippen molar-refractivity contribution in [1.29, 1.82) is 0 Å². The number of amides is 1. The highest BCUT2D eigenvalue weighted by molar-refractivity contribution is 6.32. The van der Waals surface area contributed by atoms with Crippen LogP contribution in [-0.2, 0) is 30.5 Å². The van der Waals surface area contributed by atoms with Crippen molar-refractivity contribution >= 4 is 36.0 Å². The monoisotopic (exact) mass is 791 g/mol. The Labute approximate surface area is 330 Å². The summed E-state index contributed by atoms with van der Waals surface area (Å²) < 4.78 is 56.0. The third-order valence-electron chi connectivity index (χ3n) is 9.07. The summed E-state index contributed by atoms with van der Waals surface area (Å²) in [5.41, 5.74) is 5.12. The molecule has 12 heteroatoms. The van der Waals surface area contributed by atoms with Crippen LogP contribution in [0.25, 0.3) is 6.08 Å². The van der Waals surface area contributed by atoms with Crippen LogP contribution in [0.5, 0.6) is 23.1 Å². The molecule has 55 heavy (non-hydrogen) atoms. The van der Waals surface area contributed by atoms with Gasteiger partial charge in [-0.15, -0.1) is 12.4 Å². The Morgan fingerprint density at radius 2 is 1.47 bits per heavy atom. The number of rotatable bonds is 13. The molecule has 0 radical (unpaired) electrons. The summed E-state index contributed by atoms with van der Waals surface area (Å²) in [7, 11) is 0. The van der Waals surface area contributed by atoms with Crippen LogP contribution in [-0.4, -0.2) is 53.5 Å². The van der Waals surface area contributed by atoms with Gasteiger partial charge in [0.15, 0.2) is 5.75 Å². The summed E-state index contributed by atoms with van der Waals surface area (Å²) >= 11 is 6.59. The Balaban J connectivity index is 0.00000580. The molecule has 0 bridgehead atoms. The summed E-state index contributed by atoms with van der Waals surface area (Å²) in [5.74, 6) is 1.96. The van der Waals surface area contributed by atoms with Crippen LogP contribution >= 0.6 is 24.0 Å². The normalized spacial score (nSPS) is 13.4. The second-order valence-electron chi connectivity index (χ2n) is 13.2. The number of nitrogens with zero attached hydrogens (tertiary/aromatic N) is 3. The van der Waals surface area contributed by atoms with Crippen LogP contribution in [0.15, 0.2) is 109 Å². The van der Waals surface area contributed by atoms with E-state index in [0.717, 1.165) is 55.1 Å². The number of pyridine rings is 1. The molecule has 0 unspecified atom stereocenters. The molecule has 1 aliphatic rings. The van der Waals surface area contributed by atoms with Crippen molar-refractivity contribution in [3.63, 3.8) is 0 Å². The number of benzene rings is 4. The minimum atomic E-state index is -4.39. The number of carbonyl (C=O) groups is 1. The summed E-state index contributed by atoms with van der Waals surface area (Å²) in [6, 6.07) is 28.4. The third kappa shape index (κ3) is 12.0. The highest BCUT2D eigenvalue weighted by Crippen LogP contribution is 2.34. The zero-order valence-corrected chi connectivity index (χ0v) is 32.1. The Kier molecular flexibility index (Phi) is 14.2. The summed E-state index contributed by atoms with van der Waals surface area (Å²) in [6.07, 6.45) is 1.27. The first-order chi connectivity index (χ1) is 26.0. The lowest BCUT2D eigenvalue weighted by atomic mass is 10.1. The molecule has 1 aromatic heterocycles. The zero-order valence-electron chi connectivity index (χ0n) is 30.5. The molecule has 0 saturated carbocycles. The van der Waals surface area contributed by atoms with E-state index in [9.17, 15) is 18.0 Å². The van der Waals surface area contributed by atoms with E-state index in [2.05, 4.69) is 53.2 Å². The molecule has 6 rings (SSSR count). The highest BCUT2D eigenvalue weighted by Gasteiger charge is 2.30. The van der Waals surface area contributed by atoms with E-state index < -0.39 is 11.7 Å². The molecular weight excluding hydrogens is 750 g/mol. The fourth-order valence-corrected chi connectivity index (χ4v) is 6.26. The quantitative estimate of drug-likeness (QED) is 0.111. The van der Waals surface area contributed by atoms with Gasteiger partial charge < -0.3 is 19.1 Å².